The third-order valence-electron chi connectivity index (χ3n) is 7.31. The third kappa shape index (κ3) is 9.95. The van der Waals surface area contributed by atoms with Gasteiger partial charge in [0.25, 0.3) is 0 Å². The van der Waals surface area contributed by atoms with Crippen molar-refractivity contribution in [3.63, 3.8) is 0 Å². The summed E-state index contributed by atoms with van der Waals surface area (Å²) >= 11 is 0. The number of anilines is 2. The summed E-state index contributed by atoms with van der Waals surface area (Å²) in [5.41, 5.74) is 16.8. The molecule has 0 saturated carbocycles. The zero-order chi connectivity index (χ0) is 35.2. The van der Waals surface area contributed by atoms with E-state index in [0.717, 1.165) is 24.0 Å². The van der Waals surface area contributed by atoms with Crippen LogP contribution < -0.4 is 35.3 Å². The van der Waals surface area contributed by atoms with Gasteiger partial charge in [0.2, 0.25) is 5.91 Å². The van der Waals surface area contributed by atoms with Crippen molar-refractivity contribution < 1.29 is 28.5 Å². The number of carbonyl (C=O) groups excluding carboxylic acids is 2. The predicted octanol–water partition coefficient (Wildman–Crippen LogP) is 8.97. The molecule has 1 atom stereocenters. The van der Waals surface area contributed by atoms with Crippen molar-refractivity contribution in [1.82, 2.24) is 0 Å². The van der Waals surface area contributed by atoms with E-state index in [1.807, 2.05) is 13.8 Å². The maximum absolute atomic E-state index is 13.2. The lowest BCUT2D eigenvalue weighted by Crippen LogP contribution is -2.20. The van der Waals surface area contributed by atoms with E-state index in [1.54, 1.807) is 36.4 Å². The summed E-state index contributed by atoms with van der Waals surface area (Å²) in [5.74, 6) is 1.01. The van der Waals surface area contributed by atoms with Crippen LogP contribution in [0.25, 0.3) is 0 Å². The summed E-state index contributed by atoms with van der Waals surface area (Å²) in [6.07, 6.45) is 3.30. The van der Waals surface area contributed by atoms with Crippen LogP contribution in [0.15, 0.2) is 62.0 Å². The predicted molar refractivity (Wildman–Crippen MR) is 183 cm³/mol. The van der Waals surface area contributed by atoms with E-state index in [0.29, 0.717) is 76.4 Å². The number of aryl methyl sites for hydroxylation is 2. The summed E-state index contributed by atoms with van der Waals surface area (Å²) in [6.45, 7) is 5.75. The molecule has 0 heterocycles. The van der Waals surface area contributed by atoms with Gasteiger partial charge in [-0.3, -0.25) is 4.79 Å². The maximum Gasteiger partial charge on any atom is 0.323 e. The van der Waals surface area contributed by atoms with Gasteiger partial charge in [-0.1, -0.05) is 13.3 Å². The molecule has 3 rings (SSSR count). The maximum atomic E-state index is 13.2. The molecule has 0 bridgehead atoms. The molecule has 15 nitrogen and oxygen atoms in total. The first-order valence-corrected chi connectivity index (χ1v) is 15.3. The number of hydrogen-bond acceptors (Lipinski definition) is 12. The number of ether oxygens (including phenoxy) is 4. The quantitative estimate of drug-likeness (QED) is 0.104. The summed E-state index contributed by atoms with van der Waals surface area (Å²) < 4.78 is 22.1. The minimum Gasteiger partial charge on any atom is -0.494 e. The minimum absolute atomic E-state index is 0.0845. The number of hydrogen-bond donors (Lipinski definition) is 4. The second-order valence-electron chi connectivity index (χ2n) is 10.8. The average molecular weight is 662 g/mol. The second kappa shape index (κ2) is 17.9. The van der Waals surface area contributed by atoms with Crippen molar-refractivity contribution >= 4 is 46.1 Å². The van der Waals surface area contributed by atoms with Gasteiger partial charge in [-0.05, 0) is 56.4 Å². The number of amides is 3. The van der Waals surface area contributed by atoms with Crippen LogP contribution in [0.4, 0.5) is 38.9 Å². The topological polar surface area (TPSA) is 207 Å². The van der Waals surface area contributed by atoms with Gasteiger partial charge < -0.3 is 35.3 Å². The van der Waals surface area contributed by atoms with Gasteiger partial charge in [0.15, 0.2) is 0 Å². The Kier molecular flexibility index (Phi) is 13.8. The summed E-state index contributed by atoms with van der Waals surface area (Å²) in [4.78, 5) is 24.3. The van der Waals surface area contributed by atoms with E-state index in [2.05, 4.69) is 43.1 Å². The van der Waals surface area contributed by atoms with Crippen molar-refractivity contribution in [2.45, 2.75) is 58.9 Å². The number of nitrogens with two attached hydrogens (primary N) is 1. The van der Waals surface area contributed by atoms with Crippen LogP contribution in [0.3, 0.4) is 0 Å². The molecular formula is C33H43N9O6. The molecular weight excluding hydrogens is 618 g/mol. The number of azo groups is 2. The van der Waals surface area contributed by atoms with Gasteiger partial charge in [-0.25, -0.2) is 10.3 Å². The lowest BCUT2D eigenvalue weighted by atomic mass is 10.1. The summed E-state index contributed by atoms with van der Waals surface area (Å²) in [6, 6.07) is 9.26. The molecule has 0 aliphatic carbocycles. The highest BCUT2D eigenvalue weighted by molar-refractivity contribution is 6.02. The van der Waals surface area contributed by atoms with Crippen molar-refractivity contribution in [2.24, 2.45) is 31.3 Å². The molecule has 256 valence electrons. The number of rotatable bonds is 17. The lowest BCUT2D eigenvalue weighted by molar-refractivity contribution is -0.118. The number of nitrogens with one attached hydrogen (secondary N) is 3. The largest absolute Gasteiger partial charge is 0.494 e. The molecule has 48 heavy (non-hydrogen) atoms. The normalized spacial score (nSPS) is 11.7. The molecule has 3 amide bonds. The zero-order valence-corrected chi connectivity index (χ0v) is 28.3. The Morgan fingerprint density at radius 3 is 1.73 bits per heavy atom. The van der Waals surface area contributed by atoms with E-state index in [1.165, 1.54) is 28.4 Å². The Bertz CT molecular complexity index is 1680. The van der Waals surface area contributed by atoms with Crippen molar-refractivity contribution in [2.75, 3.05) is 39.1 Å². The molecule has 15 heteroatoms. The Morgan fingerprint density at radius 1 is 0.729 bits per heavy atom. The highest BCUT2D eigenvalue weighted by atomic mass is 16.5. The van der Waals surface area contributed by atoms with Crippen LogP contribution in [0, 0.1) is 19.4 Å². The minimum atomic E-state index is -0.595. The Balaban J connectivity index is 1.83. The van der Waals surface area contributed by atoms with E-state index >= 15 is 0 Å². The molecule has 3 aromatic rings. The number of primary amides is 1. The molecule has 0 aromatic heterocycles. The Morgan fingerprint density at radius 2 is 1.23 bits per heavy atom. The molecule has 0 radical (unpaired) electrons. The average Bonchev–Trinajstić information content (AvgIpc) is 3.07. The first kappa shape index (κ1) is 36.9. The fraction of sp³-hybridized carbons (Fsp3) is 0.394. The first-order chi connectivity index (χ1) is 23.1. The monoisotopic (exact) mass is 661 g/mol. The van der Waals surface area contributed by atoms with Gasteiger partial charge in [0.1, 0.15) is 34.4 Å². The number of nitrogens with zero attached hydrogens (tertiary/aromatic N) is 5. The fourth-order valence-corrected chi connectivity index (χ4v) is 4.76. The van der Waals surface area contributed by atoms with Crippen LogP contribution >= 0.6 is 0 Å². The number of urea groups is 1. The number of carbonyl (C=O) groups is 2. The molecule has 0 aliphatic rings. The zero-order valence-electron chi connectivity index (χ0n) is 28.3. The van der Waals surface area contributed by atoms with Crippen LogP contribution in [0.5, 0.6) is 23.0 Å². The third-order valence-corrected chi connectivity index (χ3v) is 7.31. The fourth-order valence-electron chi connectivity index (χ4n) is 4.76. The standard InChI is InChI=1S/C33H43N9O6/c1-8-10-21(11-9-12-32(34)43)39-41-26-17-28(45-4)24(15-30(26)47-6)36-33(44)37-25-16-31(48-7)27(18-29(25)46-5)42-40-23-14-19(2)22(38-35)13-20(23)3/h13-18,21,35H,8-12H2,1-7H3,(H2,34,43)(H2,36,37,44). The van der Waals surface area contributed by atoms with E-state index < -0.39 is 6.03 Å². The van der Waals surface area contributed by atoms with Gasteiger partial charge in [-0.15, -0.1) is 5.11 Å². The summed E-state index contributed by atoms with van der Waals surface area (Å²) in [7, 11) is 5.90. The highest BCUT2D eigenvalue weighted by Crippen LogP contribution is 2.41. The van der Waals surface area contributed by atoms with Gasteiger partial charge in [0, 0.05) is 30.7 Å². The summed E-state index contributed by atoms with van der Waals surface area (Å²) in [5, 5.41) is 26.7. The van der Waals surface area contributed by atoms with Gasteiger partial charge >= 0.3 is 6.03 Å². The van der Waals surface area contributed by atoms with Crippen LogP contribution in [0.2, 0.25) is 0 Å². The molecule has 3 aromatic carbocycles. The highest BCUT2D eigenvalue weighted by Gasteiger charge is 2.18. The SMILES string of the molecule is CCCC(CCCC(N)=O)N=Nc1cc(OC)c(NC(=O)Nc2cc(OC)c(N=Nc3cc(C)c(N=N)cc3C)cc2OC)cc1OC. The molecule has 0 saturated heterocycles. The molecule has 0 fully saturated rings. The molecule has 1 unspecified atom stereocenters. The smallest absolute Gasteiger partial charge is 0.323 e. The van der Waals surface area contributed by atoms with Crippen molar-refractivity contribution in [3.8, 4) is 23.0 Å². The Labute approximate surface area is 279 Å². The van der Waals surface area contributed by atoms with E-state index in [9.17, 15) is 9.59 Å². The molecule has 5 N–H and O–H groups in total. The number of methoxy groups -OCH3 is 4. The molecule has 0 aliphatic heterocycles. The van der Waals surface area contributed by atoms with Crippen LogP contribution in [-0.2, 0) is 4.79 Å². The second-order valence-corrected chi connectivity index (χ2v) is 10.8. The van der Waals surface area contributed by atoms with Crippen LogP contribution in [0.1, 0.15) is 50.2 Å². The number of benzene rings is 3. The van der Waals surface area contributed by atoms with Gasteiger partial charge in [0.05, 0.1) is 57.2 Å². The first-order valence-electron chi connectivity index (χ1n) is 15.3. The van der Waals surface area contributed by atoms with E-state index in [-0.39, 0.29) is 11.9 Å². The Hall–Kier alpha value is -5.60. The van der Waals surface area contributed by atoms with Gasteiger partial charge in [-0.2, -0.15) is 20.5 Å². The van der Waals surface area contributed by atoms with Crippen molar-refractivity contribution in [1.29, 1.82) is 5.53 Å². The van der Waals surface area contributed by atoms with Crippen molar-refractivity contribution in [3.05, 3.63) is 47.5 Å². The molecule has 0 spiro atoms. The van der Waals surface area contributed by atoms with E-state index in [4.69, 9.17) is 30.2 Å². The van der Waals surface area contributed by atoms with Crippen LogP contribution in [-0.4, -0.2) is 46.4 Å². The lowest BCUT2D eigenvalue weighted by Gasteiger charge is -2.16.